The van der Waals surface area contributed by atoms with Gasteiger partial charge < -0.3 is 5.32 Å². The topological polar surface area (TPSA) is 64.7 Å². The first-order chi connectivity index (χ1) is 9.84. The lowest BCUT2D eigenvalue weighted by molar-refractivity contribution is -0.141. The zero-order valence-corrected chi connectivity index (χ0v) is 11.2. The monoisotopic (exact) mass is 301 g/mol. The number of nitrogens with one attached hydrogen (secondary N) is 1. The number of halogens is 3. The van der Waals surface area contributed by atoms with Crippen molar-refractivity contribution in [3.63, 3.8) is 0 Å². The fraction of sp³-hybridized carbons (Fsp3) is 0.417. The van der Waals surface area contributed by atoms with Crippen LogP contribution in [0.15, 0.2) is 30.7 Å². The van der Waals surface area contributed by atoms with Crippen molar-refractivity contribution in [3.05, 3.63) is 36.4 Å². The van der Waals surface area contributed by atoms with E-state index in [-0.39, 0.29) is 12.6 Å². The summed E-state index contributed by atoms with van der Waals surface area (Å²) in [6, 6.07) is 2.40. The lowest BCUT2D eigenvalue weighted by Crippen LogP contribution is -2.38. The van der Waals surface area contributed by atoms with Crippen molar-refractivity contribution in [1.82, 2.24) is 24.9 Å². The number of alkyl halides is 3. The molecule has 0 saturated carbocycles. The summed E-state index contributed by atoms with van der Waals surface area (Å²) < 4.78 is 39.7. The Bertz CT molecular complexity index is 590. The highest BCUT2D eigenvalue weighted by Gasteiger charge is 2.33. The van der Waals surface area contributed by atoms with Crippen molar-refractivity contribution >= 4 is 5.91 Å². The molecular weight excluding hydrogens is 287 g/mol. The first kappa shape index (κ1) is 15.1. The molecule has 2 heterocycles. The van der Waals surface area contributed by atoms with E-state index in [1.165, 1.54) is 0 Å². The Labute approximate surface area is 118 Å². The van der Waals surface area contributed by atoms with Gasteiger partial charge in [-0.3, -0.25) is 14.2 Å². The Hall–Kier alpha value is -2.32. The minimum atomic E-state index is -4.50. The zero-order chi connectivity index (χ0) is 15.5. The van der Waals surface area contributed by atoms with Crippen LogP contribution in [0.1, 0.15) is 12.6 Å². The van der Waals surface area contributed by atoms with Crippen LogP contribution in [0.25, 0.3) is 0 Å². The van der Waals surface area contributed by atoms with Crippen molar-refractivity contribution < 1.29 is 18.0 Å². The molecule has 1 amide bonds. The largest absolute Gasteiger partial charge is 0.435 e. The molecule has 0 aromatic carbocycles. The summed E-state index contributed by atoms with van der Waals surface area (Å²) in [5.41, 5.74) is -1.01. The standard InChI is InChI=1S/C12H14F3N5O/c1-9(7-19-5-2-4-16-19)17-11(21)8-20-6-3-10(18-20)12(13,14)15/h2-6,9H,7-8H2,1H3,(H,17,21). The van der Waals surface area contributed by atoms with Crippen molar-refractivity contribution in [3.8, 4) is 0 Å². The van der Waals surface area contributed by atoms with E-state index >= 15 is 0 Å². The van der Waals surface area contributed by atoms with Crippen molar-refractivity contribution in [2.75, 3.05) is 0 Å². The van der Waals surface area contributed by atoms with E-state index in [4.69, 9.17) is 0 Å². The van der Waals surface area contributed by atoms with Gasteiger partial charge in [0.05, 0.1) is 6.54 Å². The minimum absolute atomic E-state index is 0.199. The second-order valence-corrected chi connectivity index (χ2v) is 4.59. The maximum absolute atomic E-state index is 12.4. The summed E-state index contributed by atoms with van der Waals surface area (Å²) in [4.78, 5) is 11.7. The van der Waals surface area contributed by atoms with Crippen molar-refractivity contribution in [1.29, 1.82) is 0 Å². The van der Waals surface area contributed by atoms with Gasteiger partial charge in [-0.2, -0.15) is 23.4 Å². The molecule has 1 atom stereocenters. The Kier molecular flexibility index (Phi) is 4.29. The predicted octanol–water partition coefficient (Wildman–Crippen LogP) is 1.30. The number of carbonyl (C=O) groups is 1. The summed E-state index contributed by atoms with van der Waals surface area (Å²) in [5, 5.41) is 9.99. The number of hydrogen-bond donors (Lipinski definition) is 1. The summed E-state index contributed by atoms with van der Waals surface area (Å²) >= 11 is 0. The maximum atomic E-state index is 12.4. The van der Waals surface area contributed by atoms with Gasteiger partial charge in [0, 0.05) is 24.6 Å². The summed E-state index contributed by atoms with van der Waals surface area (Å²) in [6.07, 6.45) is -0.00159. The molecule has 21 heavy (non-hydrogen) atoms. The molecule has 0 aliphatic rings. The molecule has 9 heteroatoms. The lowest BCUT2D eigenvalue weighted by atomic mass is 10.3. The highest BCUT2D eigenvalue weighted by Crippen LogP contribution is 2.27. The van der Waals surface area contributed by atoms with Crippen LogP contribution < -0.4 is 5.32 Å². The van der Waals surface area contributed by atoms with Gasteiger partial charge in [-0.05, 0) is 19.1 Å². The van der Waals surface area contributed by atoms with Gasteiger partial charge in [0.15, 0.2) is 5.69 Å². The molecule has 1 unspecified atom stereocenters. The number of hydrogen-bond acceptors (Lipinski definition) is 3. The Balaban J connectivity index is 1.85. The van der Waals surface area contributed by atoms with Crippen LogP contribution in [0.4, 0.5) is 13.2 Å². The molecule has 2 aromatic heterocycles. The summed E-state index contributed by atoms with van der Waals surface area (Å²) in [7, 11) is 0. The zero-order valence-electron chi connectivity index (χ0n) is 11.2. The smallest absolute Gasteiger partial charge is 0.350 e. The van der Waals surface area contributed by atoms with Gasteiger partial charge in [0.1, 0.15) is 6.54 Å². The average Bonchev–Trinajstić information content (AvgIpc) is 2.98. The van der Waals surface area contributed by atoms with Crippen LogP contribution in [-0.4, -0.2) is 31.5 Å². The van der Waals surface area contributed by atoms with Crippen LogP contribution in [0.2, 0.25) is 0 Å². The quantitative estimate of drug-likeness (QED) is 0.905. The number of carbonyl (C=O) groups excluding carboxylic acids is 1. The second-order valence-electron chi connectivity index (χ2n) is 4.59. The predicted molar refractivity (Wildman–Crippen MR) is 67.1 cm³/mol. The second kappa shape index (κ2) is 5.98. The molecule has 0 radical (unpaired) electrons. The van der Waals surface area contributed by atoms with Crippen molar-refractivity contribution in [2.45, 2.75) is 32.2 Å². The molecule has 0 spiro atoms. The molecule has 1 N–H and O–H groups in total. The van der Waals surface area contributed by atoms with E-state index < -0.39 is 17.8 Å². The molecular formula is C12H14F3N5O. The summed E-state index contributed by atoms with van der Waals surface area (Å²) in [5.74, 6) is -0.411. The molecule has 0 aliphatic heterocycles. The van der Waals surface area contributed by atoms with Gasteiger partial charge >= 0.3 is 6.18 Å². The van der Waals surface area contributed by atoms with Gasteiger partial charge in [0.25, 0.3) is 0 Å². The molecule has 2 rings (SSSR count). The molecule has 0 aliphatic carbocycles. The molecule has 6 nitrogen and oxygen atoms in total. The third kappa shape index (κ3) is 4.33. The van der Waals surface area contributed by atoms with E-state index in [1.54, 1.807) is 30.1 Å². The van der Waals surface area contributed by atoms with E-state index in [2.05, 4.69) is 15.5 Å². The first-order valence-electron chi connectivity index (χ1n) is 6.22. The number of aromatic nitrogens is 4. The van der Waals surface area contributed by atoms with Crippen LogP contribution in [-0.2, 0) is 24.1 Å². The van der Waals surface area contributed by atoms with Crippen LogP contribution in [0.3, 0.4) is 0 Å². The number of nitrogens with zero attached hydrogens (tertiary/aromatic N) is 4. The summed E-state index contributed by atoms with van der Waals surface area (Å²) in [6.45, 7) is 2.00. The van der Waals surface area contributed by atoms with Crippen LogP contribution in [0.5, 0.6) is 0 Å². The fourth-order valence-corrected chi connectivity index (χ4v) is 1.80. The van der Waals surface area contributed by atoms with E-state index in [9.17, 15) is 18.0 Å². The molecule has 0 fully saturated rings. The van der Waals surface area contributed by atoms with E-state index in [0.29, 0.717) is 6.54 Å². The van der Waals surface area contributed by atoms with E-state index in [1.807, 2.05) is 0 Å². The molecule has 0 saturated heterocycles. The van der Waals surface area contributed by atoms with Gasteiger partial charge in [-0.25, -0.2) is 0 Å². The molecule has 2 aromatic rings. The normalized spacial score (nSPS) is 13.1. The lowest BCUT2D eigenvalue weighted by Gasteiger charge is -2.14. The Morgan fingerprint density at radius 3 is 2.71 bits per heavy atom. The fourth-order valence-electron chi connectivity index (χ4n) is 1.80. The van der Waals surface area contributed by atoms with Gasteiger partial charge in [0.2, 0.25) is 5.91 Å². The van der Waals surface area contributed by atoms with Crippen LogP contribution >= 0.6 is 0 Å². The minimum Gasteiger partial charge on any atom is -0.350 e. The van der Waals surface area contributed by atoms with E-state index in [0.717, 1.165) is 16.9 Å². The number of amides is 1. The third-order valence-corrected chi connectivity index (χ3v) is 2.66. The van der Waals surface area contributed by atoms with Gasteiger partial charge in [-0.15, -0.1) is 0 Å². The maximum Gasteiger partial charge on any atom is 0.435 e. The Morgan fingerprint density at radius 1 is 1.38 bits per heavy atom. The highest BCUT2D eigenvalue weighted by atomic mass is 19.4. The third-order valence-electron chi connectivity index (χ3n) is 2.66. The average molecular weight is 301 g/mol. The Morgan fingerprint density at radius 2 is 2.14 bits per heavy atom. The first-order valence-corrected chi connectivity index (χ1v) is 6.22. The van der Waals surface area contributed by atoms with Gasteiger partial charge in [-0.1, -0.05) is 0 Å². The molecule has 114 valence electrons. The SMILES string of the molecule is CC(Cn1cccn1)NC(=O)Cn1ccc(C(F)(F)F)n1. The van der Waals surface area contributed by atoms with Crippen molar-refractivity contribution in [2.24, 2.45) is 0 Å². The number of rotatable bonds is 5. The molecule has 0 bridgehead atoms. The van der Waals surface area contributed by atoms with Crippen LogP contribution in [0, 0.1) is 0 Å². The highest BCUT2D eigenvalue weighted by molar-refractivity contribution is 5.75.